The Balaban J connectivity index is 1.83. The zero-order valence-corrected chi connectivity index (χ0v) is 16.0. The smallest absolute Gasteiger partial charge is 0.280 e. The highest BCUT2D eigenvalue weighted by molar-refractivity contribution is 5.94. The van der Waals surface area contributed by atoms with Crippen LogP contribution in [0.2, 0.25) is 0 Å². The Bertz CT molecular complexity index is 651. The van der Waals surface area contributed by atoms with E-state index in [4.69, 9.17) is 0 Å². The van der Waals surface area contributed by atoms with E-state index in [-0.39, 0.29) is 30.3 Å². The molecule has 1 aliphatic heterocycles. The summed E-state index contributed by atoms with van der Waals surface area (Å²) in [5.41, 5.74) is 1.84. The topological polar surface area (TPSA) is 74.2 Å². The van der Waals surface area contributed by atoms with E-state index in [1.165, 1.54) is 4.90 Å². The number of piperazine rings is 1. The minimum Gasteiger partial charge on any atom is -0.332 e. The Morgan fingerprint density at radius 1 is 1.19 bits per heavy atom. The second-order valence-corrected chi connectivity index (χ2v) is 6.99. The number of carbonyl (C=O) groups is 3. The number of likely N-dealkylation sites (N-methyl/N-ethyl adjacent to an activating group) is 1. The van der Waals surface area contributed by atoms with E-state index in [1.807, 2.05) is 38.1 Å². The normalized spacial score (nSPS) is 16.1. The molecular formula is C19H29N4O3+. The highest BCUT2D eigenvalue weighted by Crippen LogP contribution is 2.08. The Morgan fingerprint density at radius 2 is 1.77 bits per heavy atom. The molecule has 26 heavy (non-hydrogen) atoms. The molecule has 0 spiro atoms. The standard InChI is InChI=1S/C19H28N4O3/c1-14-5-7-17(8-6-14)20-18(25)13-21(4)19(26)15(2)22-9-11-23(12-10-22)16(3)24/h5-8,15H,9-13H2,1-4H3,(H,20,25)/p+1/t15-/m1/s1. The molecule has 1 atom stereocenters. The highest BCUT2D eigenvalue weighted by Gasteiger charge is 2.32. The van der Waals surface area contributed by atoms with Gasteiger partial charge in [-0.3, -0.25) is 14.4 Å². The lowest BCUT2D eigenvalue weighted by Crippen LogP contribution is -3.19. The summed E-state index contributed by atoms with van der Waals surface area (Å²) in [6.07, 6.45) is 0. The first-order chi connectivity index (χ1) is 12.3. The summed E-state index contributed by atoms with van der Waals surface area (Å²) in [6, 6.07) is 7.31. The molecule has 0 aromatic heterocycles. The summed E-state index contributed by atoms with van der Waals surface area (Å²) < 4.78 is 0. The number of rotatable bonds is 5. The molecule has 1 heterocycles. The molecule has 3 amide bonds. The van der Waals surface area contributed by atoms with E-state index in [9.17, 15) is 14.4 Å². The Morgan fingerprint density at radius 3 is 2.31 bits per heavy atom. The fraction of sp³-hybridized carbons (Fsp3) is 0.526. The van der Waals surface area contributed by atoms with Gasteiger partial charge in [0.05, 0.1) is 32.7 Å². The van der Waals surface area contributed by atoms with Crippen molar-refractivity contribution in [3.05, 3.63) is 29.8 Å². The molecule has 0 saturated carbocycles. The zero-order valence-electron chi connectivity index (χ0n) is 16.0. The molecule has 0 bridgehead atoms. The van der Waals surface area contributed by atoms with Crippen LogP contribution in [-0.4, -0.2) is 73.3 Å². The van der Waals surface area contributed by atoms with Crippen LogP contribution in [0.1, 0.15) is 19.4 Å². The van der Waals surface area contributed by atoms with Crippen molar-refractivity contribution in [2.45, 2.75) is 26.8 Å². The molecule has 0 unspecified atom stereocenters. The molecule has 1 saturated heterocycles. The van der Waals surface area contributed by atoms with E-state index in [2.05, 4.69) is 5.32 Å². The number of carbonyl (C=O) groups excluding carboxylic acids is 3. The van der Waals surface area contributed by atoms with E-state index in [1.54, 1.807) is 18.9 Å². The molecule has 0 aliphatic carbocycles. The molecule has 1 aromatic carbocycles. The number of amides is 3. The van der Waals surface area contributed by atoms with Gasteiger partial charge in [-0.2, -0.15) is 0 Å². The van der Waals surface area contributed by atoms with Crippen molar-refractivity contribution in [3.8, 4) is 0 Å². The van der Waals surface area contributed by atoms with E-state index in [0.29, 0.717) is 13.1 Å². The van der Waals surface area contributed by atoms with Crippen LogP contribution in [0.5, 0.6) is 0 Å². The van der Waals surface area contributed by atoms with Crippen molar-refractivity contribution >= 4 is 23.4 Å². The van der Waals surface area contributed by atoms with Crippen molar-refractivity contribution in [2.75, 3.05) is 45.1 Å². The van der Waals surface area contributed by atoms with Gasteiger partial charge in [-0.1, -0.05) is 17.7 Å². The van der Waals surface area contributed by atoms with Gasteiger partial charge in [0.15, 0.2) is 6.04 Å². The summed E-state index contributed by atoms with van der Waals surface area (Å²) in [7, 11) is 1.65. The molecule has 1 aliphatic rings. The SMILES string of the molecule is CC(=O)N1CC[NH+]([C@H](C)C(=O)N(C)CC(=O)Nc2ccc(C)cc2)CC1. The van der Waals surface area contributed by atoms with Crippen LogP contribution < -0.4 is 10.2 Å². The number of aryl methyl sites for hydroxylation is 1. The van der Waals surface area contributed by atoms with Gasteiger partial charge in [0, 0.05) is 19.7 Å². The third kappa shape index (κ3) is 5.29. The quantitative estimate of drug-likeness (QED) is 0.745. The highest BCUT2D eigenvalue weighted by atomic mass is 16.2. The van der Waals surface area contributed by atoms with Gasteiger partial charge in [-0.25, -0.2) is 0 Å². The first kappa shape index (κ1) is 19.9. The molecule has 7 heteroatoms. The minimum atomic E-state index is -0.235. The van der Waals surface area contributed by atoms with E-state index >= 15 is 0 Å². The number of nitrogens with one attached hydrogen (secondary N) is 2. The first-order valence-corrected chi connectivity index (χ1v) is 8.99. The van der Waals surface area contributed by atoms with Gasteiger partial charge in [-0.05, 0) is 26.0 Å². The summed E-state index contributed by atoms with van der Waals surface area (Å²) >= 11 is 0. The lowest BCUT2D eigenvalue weighted by molar-refractivity contribution is -0.918. The van der Waals surface area contributed by atoms with Crippen molar-refractivity contribution in [3.63, 3.8) is 0 Å². The predicted molar refractivity (Wildman–Crippen MR) is 99.9 cm³/mol. The predicted octanol–water partition coefficient (Wildman–Crippen LogP) is -0.473. The molecule has 2 N–H and O–H groups in total. The fourth-order valence-corrected chi connectivity index (χ4v) is 3.18. The second-order valence-electron chi connectivity index (χ2n) is 6.99. The molecular weight excluding hydrogens is 332 g/mol. The summed E-state index contributed by atoms with van der Waals surface area (Å²) in [6.45, 7) is 8.28. The lowest BCUT2D eigenvalue weighted by atomic mass is 10.2. The second kappa shape index (κ2) is 8.80. The first-order valence-electron chi connectivity index (χ1n) is 8.99. The molecule has 2 rings (SSSR count). The Kier molecular flexibility index (Phi) is 6.74. The van der Waals surface area contributed by atoms with Crippen LogP contribution in [0.4, 0.5) is 5.69 Å². The maximum absolute atomic E-state index is 12.6. The third-order valence-corrected chi connectivity index (χ3v) is 4.93. The molecule has 0 radical (unpaired) electrons. The van der Waals surface area contributed by atoms with Crippen LogP contribution in [0, 0.1) is 6.92 Å². The zero-order chi connectivity index (χ0) is 19.3. The van der Waals surface area contributed by atoms with Gasteiger partial charge >= 0.3 is 0 Å². The molecule has 1 fully saturated rings. The largest absolute Gasteiger partial charge is 0.332 e. The van der Waals surface area contributed by atoms with Crippen LogP contribution in [0.3, 0.4) is 0 Å². The average molecular weight is 361 g/mol. The van der Waals surface area contributed by atoms with Crippen molar-refractivity contribution in [1.29, 1.82) is 0 Å². The summed E-state index contributed by atoms with van der Waals surface area (Å²) in [5, 5.41) is 2.81. The van der Waals surface area contributed by atoms with Crippen molar-refractivity contribution in [1.82, 2.24) is 9.80 Å². The number of nitrogens with zero attached hydrogens (tertiary/aromatic N) is 2. The van der Waals surface area contributed by atoms with Crippen LogP contribution in [0.25, 0.3) is 0 Å². The van der Waals surface area contributed by atoms with Crippen LogP contribution in [0.15, 0.2) is 24.3 Å². The maximum Gasteiger partial charge on any atom is 0.280 e. The molecule has 7 nitrogen and oxygen atoms in total. The Labute approximate surface area is 154 Å². The number of hydrogen-bond donors (Lipinski definition) is 2. The van der Waals surface area contributed by atoms with Crippen molar-refractivity contribution < 1.29 is 19.3 Å². The Hall–Kier alpha value is -2.41. The van der Waals surface area contributed by atoms with E-state index in [0.717, 1.165) is 29.2 Å². The van der Waals surface area contributed by atoms with Gasteiger partial charge in [-0.15, -0.1) is 0 Å². The summed E-state index contributed by atoms with van der Waals surface area (Å²) in [5.74, 6) is -0.198. The van der Waals surface area contributed by atoms with Gasteiger partial charge < -0.3 is 20.0 Å². The fourth-order valence-electron chi connectivity index (χ4n) is 3.18. The minimum absolute atomic E-state index is 0.0178. The van der Waals surface area contributed by atoms with Crippen molar-refractivity contribution in [2.24, 2.45) is 0 Å². The van der Waals surface area contributed by atoms with Crippen LogP contribution in [-0.2, 0) is 14.4 Å². The van der Waals surface area contributed by atoms with Gasteiger partial charge in [0.2, 0.25) is 11.8 Å². The van der Waals surface area contributed by atoms with Crippen LogP contribution >= 0.6 is 0 Å². The van der Waals surface area contributed by atoms with Gasteiger partial charge in [0.25, 0.3) is 5.91 Å². The van der Waals surface area contributed by atoms with Gasteiger partial charge in [0.1, 0.15) is 0 Å². The maximum atomic E-state index is 12.6. The average Bonchev–Trinajstić information content (AvgIpc) is 2.62. The number of hydrogen-bond acceptors (Lipinski definition) is 3. The monoisotopic (exact) mass is 361 g/mol. The number of anilines is 1. The number of benzene rings is 1. The summed E-state index contributed by atoms with van der Waals surface area (Å²) in [4.78, 5) is 40.6. The van der Waals surface area contributed by atoms with E-state index < -0.39 is 0 Å². The lowest BCUT2D eigenvalue weighted by Gasteiger charge is -2.35. The third-order valence-electron chi connectivity index (χ3n) is 4.93. The molecule has 142 valence electrons. The number of quaternary nitrogens is 1. The molecule has 1 aromatic rings.